The number of sulfonamides is 1. The van der Waals surface area contributed by atoms with Crippen molar-refractivity contribution >= 4 is 33.2 Å². The van der Waals surface area contributed by atoms with Gasteiger partial charge in [0.25, 0.3) is 5.91 Å². The number of nitrogens with one attached hydrogen (secondary N) is 1. The standard InChI is InChI=1S/C33H43ClN2O6S/c1-23-6-5-8-31(41-17-16-40-2)29-13-10-26(29)20-36-15-4-3-7-24-18-28(34)12-9-27(24)21-42-32-14-11-25(19-30(32)36)33(37)35-43(38,39)22-23/h5,8-9,11-12,14,18-19,23,26,29,31H,3-4,6-7,10,13,15-17,20-22H2,1-2H3,(H,35,37)/b8-5+/t23-,26-,29-,31-/m0/s1. The third-order valence-electron chi connectivity index (χ3n) is 8.80. The van der Waals surface area contributed by atoms with E-state index >= 15 is 0 Å². The van der Waals surface area contributed by atoms with E-state index in [2.05, 4.69) is 15.7 Å². The lowest BCUT2D eigenvalue weighted by Gasteiger charge is -2.44. The number of halogens is 1. The van der Waals surface area contributed by atoms with Crippen molar-refractivity contribution in [1.82, 2.24) is 4.72 Å². The molecule has 2 bridgehead atoms. The number of hydrogen-bond donors (Lipinski definition) is 1. The predicted molar refractivity (Wildman–Crippen MR) is 169 cm³/mol. The number of benzene rings is 2. The number of hydrogen-bond acceptors (Lipinski definition) is 7. The van der Waals surface area contributed by atoms with Crippen LogP contribution in [0.15, 0.2) is 48.6 Å². The Morgan fingerprint density at radius 2 is 1.95 bits per heavy atom. The fourth-order valence-corrected chi connectivity index (χ4v) is 7.90. The van der Waals surface area contributed by atoms with E-state index in [1.54, 1.807) is 25.3 Å². The van der Waals surface area contributed by atoms with E-state index in [1.165, 1.54) is 5.56 Å². The van der Waals surface area contributed by atoms with E-state index in [0.717, 1.165) is 56.4 Å². The van der Waals surface area contributed by atoms with Gasteiger partial charge in [-0.25, -0.2) is 13.1 Å². The third-order valence-corrected chi connectivity index (χ3v) is 10.5. The Bertz CT molecular complexity index is 1410. The van der Waals surface area contributed by atoms with Crippen LogP contribution < -0.4 is 14.4 Å². The number of ether oxygens (including phenoxy) is 3. The van der Waals surface area contributed by atoms with Crippen LogP contribution in [0.2, 0.25) is 5.02 Å². The quantitative estimate of drug-likeness (QED) is 0.338. The minimum atomic E-state index is -3.83. The molecule has 1 aliphatic carbocycles. The summed E-state index contributed by atoms with van der Waals surface area (Å²) in [4.78, 5) is 15.6. The number of nitrogens with zero attached hydrogens (tertiary/aromatic N) is 1. The van der Waals surface area contributed by atoms with Gasteiger partial charge in [-0.3, -0.25) is 4.79 Å². The summed E-state index contributed by atoms with van der Waals surface area (Å²) < 4.78 is 46.2. The molecule has 3 aliphatic rings. The summed E-state index contributed by atoms with van der Waals surface area (Å²) in [6.45, 7) is 4.84. The summed E-state index contributed by atoms with van der Waals surface area (Å²) in [5.74, 6) is 0.462. The molecule has 1 amide bonds. The maximum absolute atomic E-state index is 13.2. The molecule has 1 fully saturated rings. The number of aryl methyl sites for hydroxylation is 1. The summed E-state index contributed by atoms with van der Waals surface area (Å²) in [6.07, 6.45) is 9.62. The average Bonchev–Trinajstić information content (AvgIpc) is 2.97. The Morgan fingerprint density at radius 1 is 1.09 bits per heavy atom. The number of amides is 1. The van der Waals surface area contributed by atoms with E-state index in [4.69, 9.17) is 25.8 Å². The Balaban J connectivity index is 1.51. The Labute approximate surface area is 260 Å². The van der Waals surface area contributed by atoms with Crippen LogP contribution in [0.1, 0.15) is 60.5 Å². The zero-order valence-electron chi connectivity index (χ0n) is 25.1. The number of methoxy groups -OCH3 is 1. The van der Waals surface area contributed by atoms with Gasteiger partial charge < -0.3 is 19.1 Å². The van der Waals surface area contributed by atoms with Crippen LogP contribution in [-0.4, -0.2) is 59.6 Å². The molecule has 234 valence electrons. The van der Waals surface area contributed by atoms with Crippen molar-refractivity contribution in [2.24, 2.45) is 17.8 Å². The molecule has 2 aliphatic heterocycles. The molecule has 1 saturated carbocycles. The Hall–Kier alpha value is -2.59. The second-order valence-corrected chi connectivity index (χ2v) is 14.3. The van der Waals surface area contributed by atoms with Crippen molar-refractivity contribution < 1.29 is 27.4 Å². The van der Waals surface area contributed by atoms with E-state index in [-0.39, 0.29) is 17.8 Å². The highest BCUT2D eigenvalue weighted by atomic mass is 35.5. The van der Waals surface area contributed by atoms with Crippen molar-refractivity contribution in [2.75, 3.05) is 44.1 Å². The molecule has 1 N–H and O–H groups in total. The molecule has 0 spiro atoms. The van der Waals surface area contributed by atoms with Crippen molar-refractivity contribution in [3.63, 3.8) is 0 Å². The van der Waals surface area contributed by atoms with E-state index in [1.807, 2.05) is 31.2 Å². The lowest BCUT2D eigenvalue weighted by atomic mass is 9.70. The van der Waals surface area contributed by atoms with Crippen LogP contribution in [0, 0.1) is 17.8 Å². The molecule has 0 radical (unpaired) electrons. The molecule has 43 heavy (non-hydrogen) atoms. The number of allylic oxidation sites excluding steroid dienone is 1. The number of fused-ring (bicyclic) bond motifs is 3. The molecule has 0 unspecified atom stereocenters. The van der Waals surface area contributed by atoms with Gasteiger partial charge in [-0.2, -0.15) is 0 Å². The molecule has 5 rings (SSSR count). The molecule has 10 heteroatoms. The second-order valence-electron chi connectivity index (χ2n) is 12.1. The molecular formula is C33H43ClN2O6S. The van der Waals surface area contributed by atoms with Crippen molar-refractivity contribution in [3.05, 3.63) is 70.3 Å². The van der Waals surface area contributed by atoms with Crippen LogP contribution in [-0.2, 0) is 32.5 Å². The van der Waals surface area contributed by atoms with Gasteiger partial charge in [-0.15, -0.1) is 0 Å². The van der Waals surface area contributed by atoms with Crippen molar-refractivity contribution in [3.8, 4) is 5.75 Å². The number of carbonyl (C=O) groups is 1. The summed E-state index contributed by atoms with van der Waals surface area (Å²) in [5.41, 5.74) is 3.37. The Kier molecular flexibility index (Phi) is 10.7. The smallest absolute Gasteiger partial charge is 0.264 e. The zero-order chi connectivity index (χ0) is 30.4. The summed E-state index contributed by atoms with van der Waals surface area (Å²) in [5, 5.41) is 0.715. The lowest BCUT2D eigenvalue weighted by molar-refractivity contribution is -0.0308. The Morgan fingerprint density at radius 3 is 2.74 bits per heavy atom. The summed E-state index contributed by atoms with van der Waals surface area (Å²) in [6, 6.07) is 11.1. The highest BCUT2D eigenvalue weighted by Gasteiger charge is 2.38. The van der Waals surface area contributed by atoms with Crippen LogP contribution in [0.25, 0.3) is 0 Å². The first-order chi connectivity index (χ1) is 20.7. The number of rotatable bonds is 4. The van der Waals surface area contributed by atoms with Gasteiger partial charge in [0.15, 0.2) is 0 Å². The molecule has 2 aromatic carbocycles. The predicted octanol–water partition coefficient (Wildman–Crippen LogP) is 5.78. The number of carbonyl (C=O) groups excluding carboxylic acids is 1. The summed E-state index contributed by atoms with van der Waals surface area (Å²) >= 11 is 6.32. The minimum Gasteiger partial charge on any atom is -0.487 e. The van der Waals surface area contributed by atoms with Gasteiger partial charge in [0.05, 0.1) is 30.8 Å². The maximum atomic E-state index is 13.2. The fraction of sp³-hybridized carbons (Fsp3) is 0.545. The van der Waals surface area contributed by atoms with Crippen molar-refractivity contribution in [1.29, 1.82) is 0 Å². The molecule has 2 aromatic rings. The highest BCUT2D eigenvalue weighted by Crippen LogP contribution is 2.42. The van der Waals surface area contributed by atoms with Crippen molar-refractivity contribution in [2.45, 2.75) is 58.2 Å². The van der Waals surface area contributed by atoms with Gasteiger partial charge in [-0.1, -0.05) is 36.7 Å². The SMILES string of the molecule is COCCO[C@H]1/C=C/C[C@H](C)CS(=O)(=O)NC(=O)c2ccc3c(c2)N(CCCCc2cc(Cl)ccc2CO3)C[C@@H]2CC[C@@H]21. The minimum absolute atomic E-state index is 0.0736. The van der Waals surface area contributed by atoms with Gasteiger partial charge in [0.1, 0.15) is 12.4 Å². The van der Waals surface area contributed by atoms with Gasteiger partial charge >= 0.3 is 0 Å². The van der Waals surface area contributed by atoms with E-state index < -0.39 is 15.9 Å². The van der Waals surface area contributed by atoms with E-state index in [9.17, 15) is 13.2 Å². The van der Waals surface area contributed by atoms with Gasteiger partial charge in [-0.05, 0) is 97.7 Å². The van der Waals surface area contributed by atoms with Crippen LogP contribution >= 0.6 is 11.6 Å². The van der Waals surface area contributed by atoms with Gasteiger partial charge in [0, 0.05) is 30.8 Å². The molecule has 4 atom stereocenters. The third kappa shape index (κ3) is 8.32. The van der Waals surface area contributed by atoms with Crippen LogP contribution in [0.3, 0.4) is 0 Å². The first-order valence-electron chi connectivity index (χ1n) is 15.3. The topological polar surface area (TPSA) is 94.2 Å². The first-order valence-corrected chi connectivity index (χ1v) is 17.4. The van der Waals surface area contributed by atoms with E-state index in [0.29, 0.717) is 54.4 Å². The molecular weight excluding hydrogens is 588 g/mol. The molecule has 2 heterocycles. The maximum Gasteiger partial charge on any atom is 0.264 e. The zero-order valence-corrected chi connectivity index (χ0v) is 26.7. The van der Waals surface area contributed by atoms with Crippen LogP contribution in [0.5, 0.6) is 5.75 Å². The highest BCUT2D eigenvalue weighted by molar-refractivity contribution is 7.90. The fourth-order valence-electron chi connectivity index (χ4n) is 6.34. The molecule has 8 nitrogen and oxygen atoms in total. The number of anilines is 1. The second kappa shape index (κ2) is 14.5. The first kappa shape index (κ1) is 31.8. The average molecular weight is 631 g/mol. The molecule has 0 aromatic heterocycles. The van der Waals surface area contributed by atoms with Gasteiger partial charge in [0.2, 0.25) is 10.0 Å². The largest absolute Gasteiger partial charge is 0.487 e. The summed E-state index contributed by atoms with van der Waals surface area (Å²) in [7, 11) is -2.17. The molecule has 0 saturated heterocycles. The lowest BCUT2D eigenvalue weighted by Crippen LogP contribution is -2.44. The normalized spacial score (nSPS) is 26.9. The monoisotopic (exact) mass is 630 g/mol. The van der Waals surface area contributed by atoms with Crippen LogP contribution in [0.4, 0.5) is 5.69 Å².